The Hall–Kier alpha value is -3.23. The molecule has 0 heterocycles. The summed E-state index contributed by atoms with van der Waals surface area (Å²) in [5.41, 5.74) is 0.239. The topological polar surface area (TPSA) is 133 Å². The summed E-state index contributed by atoms with van der Waals surface area (Å²) in [6.45, 7) is 14.7. The molecule has 0 unspecified atom stereocenters. The molecular weight excluding hydrogens is 496 g/mol. The molecule has 0 fully saturated rings. The van der Waals surface area contributed by atoms with Gasteiger partial charge in [-0.1, -0.05) is 91.6 Å². The number of nitrogens with one attached hydrogen (secondary N) is 4. The van der Waals surface area contributed by atoms with Crippen LogP contribution in [0.15, 0.2) is 30.3 Å². The highest BCUT2D eigenvalue weighted by Crippen LogP contribution is 2.22. The third-order valence-electron chi connectivity index (χ3n) is 6.58. The predicted molar refractivity (Wildman–Crippen MR) is 152 cm³/mol. The van der Waals surface area contributed by atoms with E-state index in [-0.39, 0.29) is 24.3 Å². The fourth-order valence-electron chi connectivity index (χ4n) is 4.22. The Labute approximate surface area is 233 Å². The molecule has 39 heavy (non-hydrogen) atoms. The Balaban J connectivity index is 2.86. The molecule has 1 aromatic carbocycles. The molecule has 3 atom stereocenters. The second kappa shape index (κ2) is 16.0. The summed E-state index contributed by atoms with van der Waals surface area (Å²) in [6, 6.07) is 6.27. The lowest BCUT2D eigenvalue weighted by Gasteiger charge is -2.32. The van der Waals surface area contributed by atoms with Crippen molar-refractivity contribution in [2.24, 2.45) is 17.3 Å². The Morgan fingerprint density at radius 3 is 1.82 bits per heavy atom. The summed E-state index contributed by atoms with van der Waals surface area (Å²) < 4.78 is 0. The van der Waals surface area contributed by atoms with E-state index in [1.807, 2.05) is 65.0 Å². The average Bonchev–Trinajstić information content (AvgIpc) is 2.87. The van der Waals surface area contributed by atoms with Crippen molar-refractivity contribution in [2.45, 2.75) is 106 Å². The normalized spacial score (nSPS) is 13.8. The number of ketones is 1. The molecule has 4 N–H and O–H groups in total. The highest BCUT2D eigenvalue weighted by molar-refractivity contribution is 6.38. The predicted octanol–water partition coefficient (Wildman–Crippen LogP) is 3.26. The highest BCUT2D eigenvalue weighted by atomic mass is 16.2. The molecule has 0 aliphatic rings. The van der Waals surface area contributed by atoms with E-state index in [1.165, 1.54) is 6.92 Å². The van der Waals surface area contributed by atoms with Gasteiger partial charge >= 0.3 is 0 Å². The number of carbonyl (C=O) groups excluding carboxylic acids is 5. The largest absolute Gasteiger partial charge is 0.345 e. The SMILES string of the molecule is CCCC(CCC)C(=O)N[C@H](C(=O)N[C@@H](C)C(=O)N[C@H](C(=O)C(=O)NCc1ccccc1)C(C)C)C(C)(C)C. The lowest BCUT2D eigenvalue weighted by molar-refractivity contribution is -0.141. The van der Waals surface area contributed by atoms with E-state index in [0.717, 1.165) is 31.2 Å². The summed E-state index contributed by atoms with van der Waals surface area (Å²) in [5, 5.41) is 10.8. The third-order valence-corrected chi connectivity index (χ3v) is 6.58. The zero-order valence-electron chi connectivity index (χ0n) is 24.9. The molecule has 4 amide bonds. The number of amides is 4. The molecule has 1 aromatic rings. The maximum atomic E-state index is 13.2. The molecule has 218 valence electrons. The van der Waals surface area contributed by atoms with Crippen molar-refractivity contribution in [3.05, 3.63) is 35.9 Å². The van der Waals surface area contributed by atoms with E-state index in [2.05, 4.69) is 21.3 Å². The number of hydrogen-bond acceptors (Lipinski definition) is 5. The molecular formula is C30H48N4O5. The van der Waals surface area contributed by atoms with Gasteiger partial charge < -0.3 is 21.3 Å². The van der Waals surface area contributed by atoms with Gasteiger partial charge in [-0.2, -0.15) is 0 Å². The maximum absolute atomic E-state index is 13.2. The monoisotopic (exact) mass is 544 g/mol. The number of benzene rings is 1. The summed E-state index contributed by atoms with van der Waals surface area (Å²) in [5.74, 6) is -3.34. The smallest absolute Gasteiger partial charge is 0.289 e. The second-order valence-corrected chi connectivity index (χ2v) is 11.6. The molecule has 0 saturated carbocycles. The molecule has 1 rings (SSSR count). The standard InChI is InChI=1S/C30H48N4O5/c1-9-14-22(15-10-2)27(37)34-25(30(6,7)8)29(39)32-20(5)26(36)33-23(19(3)4)24(35)28(38)31-18-21-16-12-11-13-17-21/h11-13,16-17,19-20,22-23,25H,9-10,14-15,18H2,1-8H3,(H,31,38)(H,32,39)(H,33,36)(H,34,37)/t20-,23-,25+/m0/s1. The van der Waals surface area contributed by atoms with Crippen LogP contribution in [-0.2, 0) is 30.5 Å². The van der Waals surface area contributed by atoms with Gasteiger partial charge in [-0.05, 0) is 36.7 Å². The fraction of sp³-hybridized carbons (Fsp3) is 0.633. The van der Waals surface area contributed by atoms with Crippen LogP contribution in [0.3, 0.4) is 0 Å². The van der Waals surface area contributed by atoms with E-state index < -0.39 is 47.0 Å². The molecule has 0 radical (unpaired) electrons. The zero-order valence-corrected chi connectivity index (χ0v) is 24.9. The molecule has 9 heteroatoms. The van der Waals surface area contributed by atoms with Gasteiger partial charge in [0.25, 0.3) is 5.91 Å². The van der Waals surface area contributed by atoms with Gasteiger partial charge in [0.1, 0.15) is 12.1 Å². The number of Topliss-reactive ketones (excluding diaryl/α,β-unsaturated/α-hetero) is 1. The summed E-state index contributed by atoms with van der Waals surface area (Å²) in [4.78, 5) is 64.5. The lowest BCUT2D eigenvalue weighted by Crippen LogP contribution is -2.59. The fourth-order valence-corrected chi connectivity index (χ4v) is 4.22. The molecule has 0 bridgehead atoms. The van der Waals surface area contributed by atoms with Crippen molar-refractivity contribution in [3.63, 3.8) is 0 Å². The first-order valence-corrected chi connectivity index (χ1v) is 14.0. The summed E-state index contributed by atoms with van der Waals surface area (Å²) in [7, 11) is 0. The Kier molecular flexibility index (Phi) is 13.9. The van der Waals surface area contributed by atoms with Crippen LogP contribution >= 0.6 is 0 Å². The third kappa shape index (κ3) is 11.2. The van der Waals surface area contributed by atoms with E-state index in [1.54, 1.807) is 13.8 Å². The van der Waals surface area contributed by atoms with Crippen LogP contribution in [0.25, 0.3) is 0 Å². The average molecular weight is 545 g/mol. The molecule has 0 saturated heterocycles. The van der Waals surface area contributed by atoms with Crippen LogP contribution in [0.1, 0.15) is 86.6 Å². The summed E-state index contributed by atoms with van der Waals surface area (Å²) >= 11 is 0. The molecule has 0 aromatic heterocycles. The van der Waals surface area contributed by atoms with Gasteiger partial charge in [0, 0.05) is 12.5 Å². The van der Waals surface area contributed by atoms with Gasteiger partial charge in [-0.15, -0.1) is 0 Å². The molecule has 0 aliphatic heterocycles. The molecule has 9 nitrogen and oxygen atoms in total. The first-order valence-electron chi connectivity index (χ1n) is 14.0. The van der Waals surface area contributed by atoms with E-state index >= 15 is 0 Å². The van der Waals surface area contributed by atoms with E-state index in [4.69, 9.17) is 0 Å². The van der Waals surface area contributed by atoms with Crippen LogP contribution in [0.4, 0.5) is 0 Å². The minimum Gasteiger partial charge on any atom is -0.345 e. The quantitative estimate of drug-likeness (QED) is 0.252. The van der Waals surface area contributed by atoms with Crippen LogP contribution in [0, 0.1) is 17.3 Å². The van der Waals surface area contributed by atoms with Crippen LogP contribution < -0.4 is 21.3 Å². The van der Waals surface area contributed by atoms with Gasteiger partial charge in [0.15, 0.2) is 0 Å². The van der Waals surface area contributed by atoms with Crippen LogP contribution in [0.2, 0.25) is 0 Å². The maximum Gasteiger partial charge on any atom is 0.289 e. The first kappa shape index (κ1) is 33.8. The minimum atomic E-state index is -1.06. The van der Waals surface area contributed by atoms with Crippen molar-refractivity contribution in [3.8, 4) is 0 Å². The van der Waals surface area contributed by atoms with Gasteiger partial charge in [0.05, 0.1) is 6.04 Å². The van der Waals surface area contributed by atoms with Gasteiger partial charge in [-0.3, -0.25) is 24.0 Å². The Bertz CT molecular complexity index is 965. The van der Waals surface area contributed by atoms with Crippen molar-refractivity contribution in [1.29, 1.82) is 0 Å². The highest BCUT2D eigenvalue weighted by Gasteiger charge is 2.36. The zero-order chi connectivity index (χ0) is 29.8. The molecule has 0 spiro atoms. The minimum absolute atomic E-state index is 0.169. The number of carbonyl (C=O) groups is 5. The number of hydrogen-bond donors (Lipinski definition) is 4. The first-order chi connectivity index (χ1) is 18.2. The molecule has 0 aliphatic carbocycles. The van der Waals surface area contributed by atoms with Crippen LogP contribution in [0.5, 0.6) is 0 Å². The number of rotatable bonds is 15. The van der Waals surface area contributed by atoms with Crippen molar-refractivity contribution < 1.29 is 24.0 Å². The van der Waals surface area contributed by atoms with E-state index in [0.29, 0.717) is 0 Å². The van der Waals surface area contributed by atoms with Crippen molar-refractivity contribution in [1.82, 2.24) is 21.3 Å². The summed E-state index contributed by atoms with van der Waals surface area (Å²) in [6.07, 6.45) is 3.20. The van der Waals surface area contributed by atoms with Crippen LogP contribution in [-0.4, -0.2) is 47.5 Å². The Morgan fingerprint density at radius 2 is 1.33 bits per heavy atom. The van der Waals surface area contributed by atoms with Crippen molar-refractivity contribution in [2.75, 3.05) is 0 Å². The van der Waals surface area contributed by atoms with Crippen molar-refractivity contribution >= 4 is 29.4 Å². The van der Waals surface area contributed by atoms with Gasteiger partial charge in [0.2, 0.25) is 23.5 Å². The Morgan fingerprint density at radius 1 is 0.769 bits per heavy atom. The second-order valence-electron chi connectivity index (χ2n) is 11.6. The van der Waals surface area contributed by atoms with Gasteiger partial charge in [-0.25, -0.2) is 0 Å². The lowest BCUT2D eigenvalue weighted by atomic mass is 9.85. The van der Waals surface area contributed by atoms with E-state index in [9.17, 15) is 24.0 Å².